The van der Waals surface area contributed by atoms with E-state index in [1.54, 1.807) is 6.92 Å². The van der Waals surface area contributed by atoms with Crippen molar-refractivity contribution in [2.45, 2.75) is 39.1 Å². The maximum atomic E-state index is 13.5. The smallest absolute Gasteiger partial charge is 0.339 e. The molecular formula is C28H27N3O5. The van der Waals surface area contributed by atoms with Crippen molar-refractivity contribution in [3.63, 3.8) is 0 Å². The molecule has 1 heterocycles. The monoisotopic (exact) mass is 485 g/mol. The van der Waals surface area contributed by atoms with E-state index in [0.717, 1.165) is 35.2 Å². The van der Waals surface area contributed by atoms with E-state index in [4.69, 9.17) is 4.74 Å². The standard InChI is InChI=1S/C28H27N3O5/c1-4-15-29-26(33)30(16-5-2)28(35)31(27(29)34)18-21(6-3)36-25(32)24-22-13-9-7-11-19(22)17-20-12-8-10-14-23(20)24/h4-5,7-14,17,21H,1-2,6,15-16,18H2,3H3. The fourth-order valence-electron chi connectivity index (χ4n) is 4.31. The van der Waals surface area contributed by atoms with E-state index in [1.807, 2.05) is 54.6 Å². The van der Waals surface area contributed by atoms with Crippen molar-refractivity contribution in [2.24, 2.45) is 0 Å². The Morgan fingerprint density at radius 3 is 1.78 bits per heavy atom. The van der Waals surface area contributed by atoms with E-state index in [9.17, 15) is 19.2 Å². The molecule has 3 aromatic carbocycles. The Hall–Kier alpha value is -4.46. The van der Waals surface area contributed by atoms with Crippen LogP contribution in [0.3, 0.4) is 0 Å². The number of hydrogen-bond acceptors (Lipinski definition) is 5. The third-order valence-corrected chi connectivity index (χ3v) is 6.10. The first-order valence-corrected chi connectivity index (χ1v) is 11.7. The second-order valence-corrected chi connectivity index (χ2v) is 8.39. The minimum absolute atomic E-state index is 0.0618. The summed E-state index contributed by atoms with van der Waals surface area (Å²) in [7, 11) is 0. The number of carbonyl (C=O) groups is 1. The zero-order valence-electron chi connectivity index (χ0n) is 20.1. The molecule has 0 fully saturated rings. The summed E-state index contributed by atoms with van der Waals surface area (Å²) in [5, 5.41) is 3.30. The lowest BCUT2D eigenvalue weighted by molar-refractivity contribution is 0.0247. The summed E-state index contributed by atoms with van der Waals surface area (Å²) in [5.74, 6) is -0.547. The van der Waals surface area contributed by atoms with E-state index in [1.165, 1.54) is 12.2 Å². The van der Waals surface area contributed by atoms with Crippen molar-refractivity contribution < 1.29 is 9.53 Å². The highest BCUT2D eigenvalue weighted by Crippen LogP contribution is 2.29. The summed E-state index contributed by atoms with van der Waals surface area (Å²) < 4.78 is 8.64. The van der Waals surface area contributed by atoms with Crippen molar-refractivity contribution in [1.82, 2.24) is 13.7 Å². The molecule has 1 unspecified atom stereocenters. The molecular weight excluding hydrogens is 458 g/mol. The van der Waals surface area contributed by atoms with E-state index in [0.29, 0.717) is 12.0 Å². The molecule has 0 spiro atoms. The molecule has 0 saturated heterocycles. The summed E-state index contributed by atoms with van der Waals surface area (Å²) >= 11 is 0. The quantitative estimate of drug-likeness (QED) is 0.206. The Kier molecular flexibility index (Phi) is 7.15. The Labute approximate surface area is 207 Å². The average Bonchev–Trinajstić information content (AvgIpc) is 2.89. The van der Waals surface area contributed by atoms with E-state index >= 15 is 0 Å². The molecule has 36 heavy (non-hydrogen) atoms. The molecule has 0 saturated carbocycles. The second kappa shape index (κ2) is 10.4. The van der Waals surface area contributed by atoms with Crippen molar-refractivity contribution in [3.8, 4) is 0 Å². The van der Waals surface area contributed by atoms with E-state index in [2.05, 4.69) is 13.2 Å². The molecule has 4 aromatic rings. The second-order valence-electron chi connectivity index (χ2n) is 8.39. The lowest BCUT2D eigenvalue weighted by Gasteiger charge is -2.20. The van der Waals surface area contributed by atoms with Crippen LogP contribution >= 0.6 is 0 Å². The van der Waals surface area contributed by atoms with Crippen LogP contribution in [-0.4, -0.2) is 25.8 Å². The summed E-state index contributed by atoms with van der Waals surface area (Å²) in [6.45, 7) is 8.64. The van der Waals surface area contributed by atoms with Crippen LogP contribution in [0.2, 0.25) is 0 Å². The summed E-state index contributed by atoms with van der Waals surface area (Å²) in [6, 6.07) is 17.1. The molecule has 0 bridgehead atoms. The van der Waals surface area contributed by atoms with Gasteiger partial charge < -0.3 is 4.74 Å². The largest absolute Gasteiger partial charge is 0.457 e. The van der Waals surface area contributed by atoms with Gasteiger partial charge in [0, 0.05) is 0 Å². The van der Waals surface area contributed by atoms with Crippen LogP contribution in [0.15, 0.2) is 94.3 Å². The van der Waals surface area contributed by atoms with Gasteiger partial charge in [0.15, 0.2) is 0 Å². The molecule has 1 aromatic heterocycles. The van der Waals surface area contributed by atoms with Crippen LogP contribution in [0.1, 0.15) is 23.7 Å². The fourth-order valence-corrected chi connectivity index (χ4v) is 4.31. The Balaban J connectivity index is 1.77. The zero-order valence-corrected chi connectivity index (χ0v) is 20.1. The normalized spacial score (nSPS) is 11.9. The van der Waals surface area contributed by atoms with Gasteiger partial charge in [0.2, 0.25) is 0 Å². The average molecular weight is 486 g/mol. The number of esters is 1. The molecule has 0 N–H and O–H groups in total. The Morgan fingerprint density at radius 2 is 1.31 bits per heavy atom. The molecule has 1 atom stereocenters. The first-order valence-electron chi connectivity index (χ1n) is 11.7. The Bertz CT molecular complexity index is 1560. The summed E-state index contributed by atoms with van der Waals surface area (Å²) in [6.07, 6.45) is 2.37. The van der Waals surface area contributed by atoms with E-state index in [-0.39, 0.29) is 19.6 Å². The van der Waals surface area contributed by atoms with Crippen LogP contribution in [-0.2, 0) is 24.4 Å². The highest BCUT2D eigenvalue weighted by Gasteiger charge is 2.23. The maximum absolute atomic E-state index is 13.5. The summed E-state index contributed by atoms with van der Waals surface area (Å²) in [5.41, 5.74) is -1.88. The van der Waals surface area contributed by atoms with Gasteiger partial charge in [0.05, 0.1) is 25.2 Å². The third kappa shape index (κ3) is 4.45. The van der Waals surface area contributed by atoms with Gasteiger partial charge in [-0.15, -0.1) is 13.2 Å². The number of rotatable bonds is 9. The predicted octanol–water partition coefficient (Wildman–Crippen LogP) is 3.49. The maximum Gasteiger partial charge on any atom is 0.339 e. The minimum atomic E-state index is -0.785. The lowest BCUT2D eigenvalue weighted by atomic mass is 9.97. The molecule has 184 valence electrons. The highest BCUT2D eigenvalue weighted by molar-refractivity contribution is 6.16. The van der Waals surface area contributed by atoms with Crippen LogP contribution in [0.4, 0.5) is 0 Å². The molecule has 0 radical (unpaired) electrons. The van der Waals surface area contributed by atoms with Gasteiger partial charge in [0.1, 0.15) is 6.10 Å². The number of carbonyl (C=O) groups excluding carboxylic acids is 1. The van der Waals surface area contributed by atoms with Gasteiger partial charge in [-0.05, 0) is 34.0 Å². The number of fused-ring (bicyclic) bond motifs is 2. The predicted molar refractivity (Wildman–Crippen MR) is 141 cm³/mol. The van der Waals surface area contributed by atoms with Gasteiger partial charge in [-0.25, -0.2) is 32.9 Å². The molecule has 0 aliphatic carbocycles. The zero-order chi connectivity index (χ0) is 25.8. The van der Waals surface area contributed by atoms with E-state index < -0.39 is 29.1 Å². The Morgan fingerprint density at radius 1 is 0.833 bits per heavy atom. The highest BCUT2D eigenvalue weighted by atomic mass is 16.5. The van der Waals surface area contributed by atoms with Gasteiger partial charge in [-0.3, -0.25) is 0 Å². The number of nitrogens with zero attached hydrogens (tertiary/aromatic N) is 3. The minimum Gasteiger partial charge on any atom is -0.457 e. The molecule has 8 heteroatoms. The van der Waals surface area contributed by atoms with Crippen molar-refractivity contribution in [1.29, 1.82) is 0 Å². The van der Waals surface area contributed by atoms with Crippen molar-refractivity contribution >= 4 is 27.5 Å². The van der Waals surface area contributed by atoms with Gasteiger partial charge >= 0.3 is 23.0 Å². The first-order chi connectivity index (χ1) is 17.4. The van der Waals surface area contributed by atoms with Gasteiger partial charge in [-0.2, -0.15) is 0 Å². The topological polar surface area (TPSA) is 92.3 Å². The molecule has 8 nitrogen and oxygen atoms in total. The number of hydrogen-bond donors (Lipinski definition) is 0. The molecule has 0 aliphatic heterocycles. The molecule has 0 aliphatic rings. The van der Waals surface area contributed by atoms with Gasteiger partial charge in [-0.1, -0.05) is 67.6 Å². The fraction of sp³-hybridized carbons (Fsp3) is 0.214. The first kappa shape index (κ1) is 24.7. The molecule has 0 amide bonds. The lowest BCUT2D eigenvalue weighted by Crippen LogP contribution is -2.55. The van der Waals surface area contributed by atoms with Crippen LogP contribution in [0.5, 0.6) is 0 Å². The number of ether oxygens (including phenoxy) is 1. The number of allylic oxidation sites excluding steroid dienone is 2. The summed E-state index contributed by atoms with van der Waals surface area (Å²) in [4.78, 5) is 52.2. The van der Waals surface area contributed by atoms with Crippen LogP contribution < -0.4 is 17.1 Å². The SMILES string of the molecule is C=CCn1c(=O)n(CC=C)c(=O)n(CC(CC)OC(=O)c2c3ccccc3cc3ccccc23)c1=O. The third-order valence-electron chi connectivity index (χ3n) is 6.10. The van der Waals surface area contributed by atoms with Crippen molar-refractivity contribution in [2.75, 3.05) is 0 Å². The van der Waals surface area contributed by atoms with Crippen LogP contribution in [0.25, 0.3) is 21.5 Å². The van der Waals surface area contributed by atoms with Crippen molar-refractivity contribution in [3.05, 3.63) is 117 Å². The van der Waals surface area contributed by atoms with Crippen LogP contribution in [0, 0.1) is 0 Å². The number of aromatic nitrogens is 3. The number of benzene rings is 3. The van der Waals surface area contributed by atoms with Gasteiger partial charge in [0.25, 0.3) is 0 Å². The molecule has 4 rings (SSSR count).